The first-order valence-corrected chi connectivity index (χ1v) is 9.50. The van der Waals surface area contributed by atoms with Gasteiger partial charge in [0.2, 0.25) is 5.91 Å². The van der Waals surface area contributed by atoms with E-state index >= 15 is 0 Å². The minimum absolute atomic E-state index is 0.0369. The van der Waals surface area contributed by atoms with Crippen LogP contribution < -0.4 is 15.4 Å². The number of ether oxygens (including phenoxy) is 1. The average molecular weight is 348 g/mol. The largest absolute Gasteiger partial charge is 0.497 e. The summed E-state index contributed by atoms with van der Waals surface area (Å²) in [7, 11) is 1.63. The molecule has 2 N–H and O–H groups in total. The summed E-state index contributed by atoms with van der Waals surface area (Å²) in [6.07, 6.45) is 5.65. The average Bonchev–Trinajstić information content (AvgIpc) is 2.60. The normalized spacial score (nSPS) is 19.4. The second-order valence-electron chi connectivity index (χ2n) is 7.07. The molecule has 25 heavy (non-hydrogen) atoms. The number of amides is 1. The van der Waals surface area contributed by atoms with Crippen molar-refractivity contribution in [3.63, 3.8) is 0 Å². The van der Waals surface area contributed by atoms with Gasteiger partial charge in [-0.05, 0) is 77.0 Å². The predicted octanol–water partition coefficient (Wildman–Crippen LogP) is 3.27. The molecule has 0 radical (unpaired) electrons. The molecule has 1 fully saturated rings. The Morgan fingerprint density at radius 1 is 1.32 bits per heavy atom. The van der Waals surface area contributed by atoms with Crippen LogP contribution >= 0.6 is 0 Å². The van der Waals surface area contributed by atoms with Crippen molar-refractivity contribution in [2.45, 2.75) is 58.0 Å². The molecule has 1 amide bonds. The van der Waals surface area contributed by atoms with Crippen LogP contribution in [-0.2, 0) is 4.79 Å². The third-order valence-corrected chi connectivity index (χ3v) is 4.92. The fourth-order valence-corrected chi connectivity index (χ4v) is 3.36. The van der Waals surface area contributed by atoms with Crippen molar-refractivity contribution >= 4 is 11.6 Å². The van der Waals surface area contributed by atoms with Gasteiger partial charge in [0.05, 0.1) is 7.11 Å². The summed E-state index contributed by atoms with van der Waals surface area (Å²) in [5, 5.41) is 6.39. The van der Waals surface area contributed by atoms with Gasteiger partial charge in [-0.15, -0.1) is 0 Å². The number of piperidine rings is 1. The van der Waals surface area contributed by atoms with Crippen LogP contribution in [0.25, 0.3) is 0 Å². The van der Waals surface area contributed by atoms with E-state index in [1.54, 1.807) is 7.11 Å². The van der Waals surface area contributed by atoms with E-state index in [-0.39, 0.29) is 11.9 Å². The van der Waals surface area contributed by atoms with Gasteiger partial charge in [-0.2, -0.15) is 0 Å². The molecule has 1 aromatic carbocycles. The Labute approximate surface area is 152 Å². The van der Waals surface area contributed by atoms with Crippen molar-refractivity contribution in [2.75, 3.05) is 32.1 Å². The summed E-state index contributed by atoms with van der Waals surface area (Å²) in [5.41, 5.74) is 0.803. The van der Waals surface area contributed by atoms with Crippen molar-refractivity contribution in [3.8, 4) is 5.75 Å². The van der Waals surface area contributed by atoms with Crippen LogP contribution in [0.4, 0.5) is 5.69 Å². The van der Waals surface area contributed by atoms with E-state index in [9.17, 15) is 4.79 Å². The number of nitrogens with zero attached hydrogens (tertiary/aromatic N) is 1. The summed E-state index contributed by atoms with van der Waals surface area (Å²) in [4.78, 5) is 14.7. The maximum absolute atomic E-state index is 12.1. The first-order valence-electron chi connectivity index (χ1n) is 9.50. The van der Waals surface area contributed by atoms with E-state index in [1.165, 1.54) is 25.8 Å². The number of anilines is 1. The third-order valence-electron chi connectivity index (χ3n) is 4.92. The Balaban J connectivity index is 1.60. The highest BCUT2D eigenvalue weighted by Gasteiger charge is 2.17. The van der Waals surface area contributed by atoms with Crippen molar-refractivity contribution in [1.82, 2.24) is 10.2 Å². The highest BCUT2D eigenvalue weighted by Crippen LogP contribution is 2.16. The van der Waals surface area contributed by atoms with Crippen LogP contribution in [0.1, 0.15) is 46.0 Å². The minimum atomic E-state index is 0.0369. The molecule has 1 aliphatic heterocycles. The lowest BCUT2D eigenvalue weighted by molar-refractivity contribution is -0.116. The number of carbonyl (C=O) groups is 1. The highest BCUT2D eigenvalue weighted by molar-refractivity contribution is 5.91. The third kappa shape index (κ3) is 7.04. The lowest BCUT2D eigenvalue weighted by Gasteiger charge is -2.33. The van der Waals surface area contributed by atoms with Gasteiger partial charge < -0.3 is 20.3 Å². The number of methoxy groups -OCH3 is 1. The molecule has 0 saturated carbocycles. The van der Waals surface area contributed by atoms with Crippen molar-refractivity contribution in [2.24, 2.45) is 0 Å². The Kier molecular flexibility index (Phi) is 8.22. The van der Waals surface area contributed by atoms with Gasteiger partial charge >= 0.3 is 0 Å². The van der Waals surface area contributed by atoms with Gasteiger partial charge in [-0.1, -0.05) is 6.42 Å². The predicted molar refractivity (Wildman–Crippen MR) is 103 cm³/mol. The Bertz CT molecular complexity index is 518. The molecular formula is C20H33N3O2. The molecule has 2 atom stereocenters. The number of nitrogens with one attached hydrogen (secondary N) is 2. The van der Waals surface area contributed by atoms with Crippen molar-refractivity contribution in [3.05, 3.63) is 24.3 Å². The molecular weight excluding hydrogens is 314 g/mol. The smallest absolute Gasteiger partial charge is 0.225 e. The molecule has 0 aromatic heterocycles. The quantitative estimate of drug-likeness (QED) is 0.673. The van der Waals surface area contributed by atoms with Crippen LogP contribution in [-0.4, -0.2) is 49.6 Å². The molecule has 1 aliphatic rings. The van der Waals surface area contributed by atoms with Gasteiger partial charge in [0.1, 0.15) is 5.75 Å². The number of carbonyl (C=O) groups excluding carboxylic acids is 1. The maximum Gasteiger partial charge on any atom is 0.225 e. The van der Waals surface area contributed by atoms with E-state index < -0.39 is 0 Å². The Morgan fingerprint density at radius 2 is 2.08 bits per heavy atom. The number of benzene rings is 1. The molecule has 140 valence electrons. The Hall–Kier alpha value is -1.59. The van der Waals surface area contributed by atoms with Gasteiger partial charge in [0, 0.05) is 24.2 Å². The topological polar surface area (TPSA) is 53.6 Å². The second-order valence-corrected chi connectivity index (χ2v) is 7.07. The summed E-state index contributed by atoms with van der Waals surface area (Å²) < 4.78 is 5.12. The SMILES string of the molecule is COc1ccc(NC(=O)C[C@@H](C)NCCCN2CCCC[C@@H]2C)cc1. The van der Waals surface area contributed by atoms with Crippen molar-refractivity contribution < 1.29 is 9.53 Å². The van der Waals surface area contributed by atoms with Gasteiger partial charge in [-0.3, -0.25) is 4.79 Å². The lowest BCUT2D eigenvalue weighted by Crippen LogP contribution is -2.39. The van der Waals surface area contributed by atoms with Crippen LogP contribution in [0.15, 0.2) is 24.3 Å². The van der Waals surface area contributed by atoms with Crippen LogP contribution in [0.3, 0.4) is 0 Å². The fraction of sp³-hybridized carbons (Fsp3) is 0.650. The van der Waals surface area contributed by atoms with Crippen LogP contribution in [0, 0.1) is 0 Å². The second kappa shape index (κ2) is 10.4. The minimum Gasteiger partial charge on any atom is -0.497 e. The number of likely N-dealkylation sites (tertiary alicyclic amines) is 1. The molecule has 0 spiro atoms. The number of hydrogen-bond acceptors (Lipinski definition) is 4. The van der Waals surface area contributed by atoms with E-state index in [0.717, 1.165) is 37.0 Å². The van der Waals surface area contributed by atoms with Gasteiger partial charge in [0.15, 0.2) is 0 Å². The summed E-state index contributed by atoms with van der Waals surface area (Å²) in [6.45, 7) is 7.75. The van der Waals surface area contributed by atoms with E-state index in [0.29, 0.717) is 6.42 Å². The highest BCUT2D eigenvalue weighted by atomic mass is 16.5. The van der Waals surface area contributed by atoms with Crippen LogP contribution in [0.2, 0.25) is 0 Å². The first-order chi connectivity index (χ1) is 12.1. The molecule has 0 unspecified atom stereocenters. The zero-order valence-corrected chi connectivity index (χ0v) is 15.9. The molecule has 1 saturated heterocycles. The van der Waals surface area contributed by atoms with E-state index in [1.807, 2.05) is 24.3 Å². The molecule has 5 nitrogen and oxygen atoms in total. The first kappa shape index (κ1) is 19.7. The Morgan fingerprint density at radius 3 is 2.76 bits per heavy atom. The van der Waals surface area contributed by atoms with E-state index in [4.69, 9.17) is 4.74 Å². The number of rotatable bonds is 9. The molecule has 1 aromatic rings. The zero-order valence-electron chi connectivity index (χ0n) is 15.9. The maximum atomic E-state index is 12.1. The fourth-order valence-electron chi connectivity index (χ4n) is 3.36. The molecule has 1 heterocycles. The monoisotopic (exact) mass is 347 g/mol. The van der Waals surface area contributed by atoms with Crippen LogP contribution in [0.5, 0.6) is 5.75 Å². The summed E-state index contributed by atoms with van der Waals surface area (Å²) in [5.74, 6) is 0.825. The standard InChI is InChI=1S/C20H33N3O2/c1-16(21-12-6-14-23-13-5-4-7-17(23)2)15-20(24)22-18-8-10-19(25-3)11-9-18/h8-11,16-17,21H,4-7,12-15H2,1-3H3,(H,22,24)/t16-,17+/m1/s1. The van der Waals surface area contributed by atoms with Crippen molar-refractivity contribution in [1.29, 1.82) is 0 Å². The lowest BCUT2D eigenvalue weighted by atomic mass is 10.0. The molecule has 5 heteroatoms. The summed E-state index contributed by atoms with van der Waals surface area (Å²) in [6, 6.07) is 8.31. The molecule has 0 aliphatic carbocycles. The number of hydrogen-bond donors (Lipinski definition) is 2. The zero-order chi connectivity index (χ0) is 18.1. The molecule has 0 bridgehead atoms. The van der Waals surface area contributed by atoms with Gasteiger partial charge in [0.25, 0.3) is 0 Å². The van der Waals surface area contributed by atoms with Gasteiger partial charge in [-0.25, -0.2) is 0 Å². The summed E-state index contributed by atoms with van der Waals surface area (Å²) >= 11 is 0. The molecule has 2 rings (SSSR count). The van der Waals surface area contributed by atoms with E-state index in [2.05, 4.69) is 29.4 Å².